The molecule has 1 N–H and O–H groups in total. The first kappa shape index (κ1) is 31.5. The first-order valence-corrected chi connectivity index (χ1v) is 16.8. The SMILES string of the molecule is C[C@H](NC(=O)C(C)(F)F)[C@H](Oc1ccc2c(cnn2-c2cccc(C(=O)C[C@@H]3CCS(=O)(=O)C3)c2)c1)c1ccc2c(c1)OCCO2. The highest BCUT2D eigenvalue weighted by Crippen LogP contribution is 2.36. The number of halogens is 2. The van der Waals surface area contributed by atoms with Gasteiger partial charge in [-0.1, -0.05) is 18.2 Å². The van der Waals surface area contributed by atoms with E-state index in [2.05, 4.69) is 10.4 Å². The third-order valence-electron chi connectivity index (χ3n) is 8.12. The Kier molecular flexibility index (Phi) is 8.45. The lowest BCUT2D eigenvalue weighted by atomic mass is 9.97. The maximum absolute atomic E-state index is 13.8. The van der Waals surface area contributed by atoms with Gasteiger partial charge in [-0.25, -0.2) is 13.1 Å². The van der Waals surface area contributed by atoms with E-state index in [-0.39, 0.29) is 29.6 Å². The highest BCUT2D eigenvalue weighted by Gasteiger charge is 2.35. The Hall–Kier alpha value is -4.52. The molecule has 1 aromatic heterocycles. The van der Waals surface area contributed by atoms with Crippen LogP contribution >= 0.6 is 0 Å². The molecule has 2 aliphatic heterocycles. The van der Waals surface area contributed by atoms with Crippen molar-refractivity contribution in [3.05, 3.63) is 78.0 Å². The Balaban J connectivity index is 1.25. The zero-order valence-corrected chi connectivity index (χ0v) is 26.1. The van der Waals surface area contributed by atoms with E-state index in [0.29, 0.717) is 66.0 Å². The summed E-state index contributed by atoms with van der Waals surface area (Å²) in [5.74, 6) is -3.68. The number of hydrogen-bond acceptors (Lipinski definition) is 8. The minimum Gasteiger partial charge on any atom is -0.486 e. The summed E-state index contributed by atoms with van der Waals surface area (Å²) in [6, 6.07) is 16.6. The smallest absolute Gasteiger partial charge is 0.321 e. The van der Waals surface area contributed by atoms with Gasteiger partial charge < -0.3 is 19.5 Å². The lowest BCUT2D eigenvalue weighted by molar-refractivity contribution is -0.144. The Morgan fingerprint density at radius 3 is 2.61 bits per heavy atom. The molecule has 0 unspecified atom stereocenters. The molecule has 3 heterocycles. The number of sulfone groups is 1. The van der Waals surface area contributed by atoms with Gasteiger partial charge in [0.05, 0.1) is 34.9 Å². The molecule has 6 rings (SSSR count). The van der Waals surface area contributed by atoms with Crippen molar-refractivity contribution in [2.24, 2.45) is 5.92 Å². The molecule has 46 heavy (non-hydrogen) atoms. The summed E-state index contributed by atoms with van der Waals surface area (Å²) in [7, 11) is -3.07. The molecule has 10 nitrogen and oxygen atoms in total. The minimum atomic E-state index is -3.57. The molecule has 4 aromatic rings. The number of ketones is 1. The Morgan fingerprint density at radius 1 is 1.09 bits per heavy atom. The molecule has 3 aromatic carbocycles. The van der Waals surface area contributed by atoms with Gasteiger partial charge in [0.15, 0.2) is 27.1 Å². The summed E-state index contributed by atoms with van der Waals surface area (Å²) in [5.41, 5.74) is 2.44. The normalized spacial score (nSPS) is 18.6. The van der Waals surface area contributed by atoms with Crippen molar-refractivity contribution in [1.29, 1.82) is 0 Å². The molecule has 2 aliphatic rings. The number of nitrogens with zero attached hydrogens (tertiary/aromatic N) is 2. The van der Waals surface area contributed by atoms with Crippen molar-refractivity contribution < 1.29 is 41.0 Å². The van der Waals surface area contributed by atoms with Crippen molar-refractivity contribution in [2.75, 3.05) is 24.7 Å². The van der Waals surface area contributed by atoms with Crippen LogP contribution in [-0.4, -0.2) is 66.6 Å². The average Bonchev–Trinajstić information content (AvgIpc) is 3.60. The van der Waals surface area contributed by atoms with Crippen LogP contribution in [0.2, 0.25) is 0 Å². The number of rotatable bonds is 10. The molecule has 13 heteroatoms. The Morgan fingerprint density at radius 2 is 1.87 bits per heavy atom. The first-order chi connectivity index (χ1) is 21.9. The Labute approximate surface area is 264 Å². The van der Waals surface area contributed by atoms with E-state index in [9.17, 15) is 26.8 Å². The summed E-state index contributed by atoms with van der Waals surface area (Å²) in [4.78, 5) is 25.2. The third kappa shape index (κ3) is 6.84. The van der Waals surface area contributed by atoms with Crippen molar-refractivity contribution in [3.8, 4) is 22.9 Å². The van der Waals surface area contributed by atoms with Gasteiger partial charge in [-0.15, -0.1) is 0 Å². The minimum absolute atomic E-state index is 0.0401. The lowest BCUT2D eigenvalue weighted by Gasteiger charge is -2.28. The second kappa shape index (κ2) is 12.3. The van der Waals surface area contributed by atoms with Gasteiger partial charge in [0.25, 0.3) is 5.91 Å². The molecule has 1 saturated heterocycles. The van der Waals surface area contributed by atoms with E-state index < -0.39 is 33.8 Å². The molecule has 0 radical (unpaired) electrons. The molecule has 242 valence electrons. The highest BCUT2D eigenvalue weighted by molar-refractivity contribution is 7.91. The number of benzene rings is 3. The van der Waals surface area contributed by atoms with Crippen molar-refractivity contribution in [3.63, 3.8) is 0 Å². The second-order valence-corrected chi connectivity index (χ2v) is 14.0. The fourth-order valence-electron chi connectivity index (χ4n) is 5.77. The quantitative estimate of drug-likeness (QED) is 0.235. The number of amides is 1. The van der Waals surface area contributed by atoms with Gasteiger partial charge in [0.2, 0.25) is 0 Å². The molecule has 0 aliphatic carbocycles. The van der Waals surface area contributed by atoms with Crippen LogP contribution < -0.4 is 19.5 Å². The Bertz CT molecular complexity index is 1900. The number of Topliss-reactive ketones (excluding diaryl/α,β-unsaturated/α-hetero) is 1. The molecule has 3 atom stereocenters. The van der Waals surface area contributed by atoms with Gasteiger partial charge >= 0.3 is 5.92 Å². The highest BCUT2D eigenvalue weighted by atomic mass is 32.2. The van der Waals surface area contributed by atoms with E-state index in [1.807, 2.05) is 6.07 Å². The van der Waals surface area contributed by atoms with Crippen molar-refractivity contribution in [2.45, 2.75) is 44.8 Å². The fourth-order valence-corrected chi connectivity index (χ4v) is 7.63. The lowest BCUT2D eigenvalue weighted by Crippen LogP contribution is -2.46. The van der Waals surface area contributed by atoms with Crippen LogP contribution in [-0.2, 0) is 14.6 Å². The number of hydrogen-bond donors (Lipinski definition) is 1. The summed E-state index contributed by atoms with van der Waals surface area (Å²) in [6.07, 6.45) is 1.44. The van der Waals surface area contributed by atoms with Crippen LogP contribution in [0, 0.1) is 5.92 Å². The summed E-state index contributed by atoms with van der Waals surface area (Å²) >= 11 is 0. The molecular formula is C33H33F2N3O7S. The maximum atomic E-state index is 13.8. The predicted octanol–water partition coefficient (Wildman–Crippen LogP) is 5.08. The number of aromatic nitrogens is 2. The molecule has 1 amide bonds. The summed E-state index contributed by atoms with van der Waals surface area (Å²) in [6.45, 7) is 2.89. The van der Waals surface area contributed by atoms with E-state index >= 15 is 0 Å². The third-order valence-corrected chi connectivity index (χ3v) is 9.96. The molecule has 0 spiro atoms. The number of carbonyl (C=O) groups is 2. The topological polar surface area (TPSA) is 126 Å². The van der Waals surface area contributed by atoms with E-state index in [4.69, 9.17) is 14.2 Å². The number of nitrogens with one attached hydrogen (secondary N) is 1. The average molecular weight is 654 g/mol. The van der Waals surface area contributed by atoms with E-state index in [1.165, 1.54) is 0 Å². The number of fused-ring (bicyclic) bond motifs is 2. The molecule has 1 fully saturated rings. The van der Waals surface area contributed by atoms with Gasteiger partial charge in [0, 0.05) is 24.3 Å². The monoisotopic (exact) mass is 653 g/mol. The van der Waals surface area contributed by atoms with Gasteiger partial charge in [0.1, 0.15) is 25.1 Å². The number of alkyl halides is 2. The van der Waals surface area contributed by atoms with E-state index in [0.717, 1.165) is 5.52 Å². The van der Waals surface area contributed by atoms with Crippen molar-refractivity contribution >= 4 is 32.4 Å². The zero-order chi connectivity index (χ0) is 32.6. The van der Waals surface area contributed by atoms with Gasteiger partial charge in [-0.05, 0) is 67.3 Å². The maximum Gasteiger partial charge on any atom is 0.321 e. The second-order valence-electron chi connectivity index (χ2n) is 11.8. The van der Waals surface area contributed by atoms with Crippen LogP contribution in [0.1, 0.15) is 48.7 Å². The van der Waals surface area contributed by atoms with Crippen molar-refractivity contribution in [1.82, 2.24) is 15.1 Å². The van der Waals surface area contributed by atoms with Crippen LogP contribution in [0.25, 0.3) is 16.6 Å². The van der Waals surface area contributed by atoms with E-state index in [1.54, 1.807) is 72.4 Å². The first-order valence-electron chi connectivity index (χ1n) is 14.9. The summed E-state index contributed by atoms with van der Waals surface area (Å²) < 4.78 is 70.5. The molecular weight excluding hydrogens is 620 g/mol. The van der Waals surface area contributed by atoms with Crippen LogP contribution in [0.5, 0.6) is 17.2 Å². The molecule has 0 saturated carbocycles. The predicted molar refractivity (Wildman–Crippen MR) is 166 cm³/mol. The number of ether oxygens (including phenoxy) is 3. The van der Waals surface area contributed by atoms with Crippen LogP contribution in [0.4, 0.5) is 8.78 Å². The van der Waals surface area contributed by atoms with Crippen LogP contribution in [0.15, 0.2) is 66.9 Å². The standard InChI is InChI=1S/C33H33F2N3O7S/c1-20(37-32(40)33(2,34)35)31(23-6-9-29-30(17-23)44-12-11-43-29)45-26-7-8-27-24(16-26)18-36-38(27)25-5-3-4-22(15-25)28(39)14-21-10-13-46(41,42)19-21/h3-9,15-18,20-21,31H,10-14,19H2,1-2H3,(H,37,40)/t20-,21-,31-/m0/s1. The largest absolute Gasteiger partial charge is 0.486 e. The van der Waals surface area contributed by atoms with Crippen LogP contribution in [0.3, 0.4) is 0 Å². The number of carbonyl (C=O) groups excluding carboxylic acids is 2. The van der Waals surface area contributed by atoms with Gasteiger partial charge in [-0.3, -0.25) is 9.59 Å². The zero-order valence-electron chi connectivity index (χ0n) is 25.2. The summed E-state index contributed by atoms with van der Waals surface area (Å²) in [5, 5.41) is 7.59. The fraction of sp³-hybridized carbons (Fsp3) is 0.364. The van der Waals surface area contributed by atoms with Gasteiger partial charge in [-0.2, -0.15) is 13.9 Å². The molecule has 0 bridgehead atoms.